The first-order valence-corrected chi connectivity index (χ1v) is 6.96. The quantitative estimate of drug-likeness (QED) is 0.889. The Hall–Kier alpha value is -0.810. The molecular weight excluding hydrogens is 287 g/mol. The molecule has 0 spiro atoms. The molecule has 0 aliphatic carbocycles. The predicted octanol–water partition coefficient (Wildman–Crippen LogP) is 1.64. The normalized spacial score (nSPS) is 19.2. The van der Waals surface area contributed by atoms with Crippen LogP contribution < -0.4 is 10.6 Å². The summed E-state index contributed by atoms with van der Waals surface area (Å²) in [5, 5.41) is 7.20. The maximum Gasteiger partial charge on any atom is 0.250 e. The van der Waals surface area contributed by atoms with Crippen LogP contribution in [0.1, 0.15) is 5.56 Å². The second kappa shape index (κ2) is 7.10. The minimum Gasteiger partial charge on any atom is -0.366 e. The highest BCUT2D eigenvalue weighted by Crippen LogP contribution is 2.21. The van der Waals surface area contributed by atoms with E-state index >= 15 is 0 Å². The van der Waals surface area contributed by atoms with Gasteiger partial charge in [0, 0.05) is 29.7 Å². The van der Waals surface area contributed by atoms with Crippen LogP contribution in [0.25, 0.3) is 0 Å². The van der Waals surface area contributed by atoms with Crippen LogP contribution >= 0.6 is 23.2 Å². The third kappa shape index (κ3) is 4.35. The van der Waals surface area contributed by atoms with E-state index in [9.17, 15) is 4.79 Å². The Balaban J connectivity index is 1.78. The molecule has 4 nitrogen and oxygen atoms in total. The van der Waals surface area contributed by atoms with E-state index in [-0.39, 0.29) is 5.91 Å². The van der Waals surface area contributed by atoms with Gasteiger partial charge in [-0.15, -0.1) is 0 Å². The Kier molecular flexibility index (Phi) is 5.45. The maximum atomic E-state index is 11.8. The number of hydrogen-bond acceptors (Lipinski definition) is 3. The number of carbonyl (C=O) groups excluding carboxylic acids is 1. The molecule has 1 atom stereocenters. The summed E-state index contributed by atoms with van der Waals surface area (Å²) in [7, 11) is 0. The van der Waals surface area contributed by atoms with Gasteiger partial charge in [0.1, 0.15) is 6.10 Å². The van der Waals surface area contributed by atoms with Gasteiger partial charge >= 0.3 is 0 Å². The molecule has 0 radical (unpaired) electrons. The molecule has 0 aromatic heterocycles. The van der Waals surface area contributed by atoms with Gasteiger partial charge in [-0.3, -0.25) is 4.79 Å². The molecule has 0 bridgehead atoms. The number of hydrogen-bond donors (Lipinski definition) is 2. The van der Waals surface area contributed by atoms with Gasteiger partial charge in [0.05, 0.1) is 6.61 Å². The van der Waals surface area contributed by atoms with Crippen LogP contribution in [-0.4, -0.2) is 38.3 Å². The number of benzene rings is 1. The molecule has 104 valence electrons. The lowest BCUT2D eigenvalue weighted by Crippen LogP contribution is -2.48. The second-order valence-electron chi connectivity index (χ2n) is 4.34. The average molecular weight is 303 g/mol. The maximum absolute atomic E-state index is 11.8. The van der Waals surface area contributed by atoms with E-state index in [4.69, 9.17) is 27.9 Å². The Bertz CT molecular complexity index is 448. The van der Waals surface area contributed by atoms with Crippen LogP contribution in [0.5, 0.6) is 0 Å². The zero-order valence-electron chi connectivity index (χ0n) is 10.4. The average Bonchev–Trinajstić information content (AvgIpc) is 2.42. The van der Waals surface area contributed by atoms with Gasteiger partial charge in [0.25, 0.3) is 0 Å². The van der Waals surface area contributed by atoms with Gasteiger partial charge in [-0.25, -0.2) is 0 Å². The molecule has 1 fully saturated rings. The summed E-state index contributed by atoms with van der Waals surface area (Å²) in [6.07, 6.45) is 0.275. The van der Waals surface area contributed by atoms with Crippen molar-refractivity contribution < 1.29 is 9.53 Å². The Morgan fingerprint density at radius 3 is 3.00 bits per heavy atom. The van der Waals surface area contributed by atoms with E-state index < -0.39 is 6.10 Å². The number of ether oxygens (including phenoxy) is 1. The van der Waals surface area contributed by atoms with Crippen molar-refractivity contribution in [3.63, 3.8) is 0 Å². The summed E-state index contributed by atoms with van der Waals surface area (Å²) < 4.78 is 5.36. The number of amides is 1. The van der Waals surface area contributed by atoms with Gasteiger partial charge in [-0.05, 0) is 24.1 Å². The van der Waals surface area contributed by atoms with Crippen LogP contribution in [0.3, 0.4) is 0 Å². The van der Waals surface area contributed by atoms with Crippen molar-refractivity contribution in [3.8, 4) is 0 Å². The fourth-order valence-corrected chi connectivity index (χ4v) is 2.40. The lowest BCUT2D eigenvalue weighted by Gasteiger charge is -2.22. The minimum absolute atomic E-state index is 0.0858. The minimum atomic E-state index is -0.394. The van der Waals surface area contributed by atoms with Crippen molar-refractivity contribution in [2.24, 2.45) is 0 Å². The van der Waals surface area contributed by atoms with Gasteiger partial charge in [-0.2, -0.15) is 0 Å². The summed E-state index contributed by atoms with van der Waals surface area (Å²) in [6.45, 7) is 2.46. The largest absolute Gasteiger partial charge is 0.366 e. The van der Waals surface area contributed by atoms with Crippen LogP contribution in [0, 0.1) is 0 Å². The van der Waals surface area contributed by atoms with Gasteiger partial charge < -0.3 is 15.4 Å². The van der Waals surface area contributed by atoms with Gasteiger partial charge in [0.2, 0.25) is 5.91 Å². The molecule has 1 aromatic carbocycles. The van der Waals surface area contributed by atoms with E-state index in [2.05, 4.69) is 10.6 Å². The second-order valence-corrected chi connectivity index (χ2v) is 5.18. The smallest absolute Gasteiger partial charge is 0.250 e. The van der Waals surface area contributed by atoms with Crippen molar-refractivity contribution in [1.29, 1.82) is 0 Å². The molecule has 1 amide bonds. The van der Waals surface area contributed by atoms with Crippen LogP contribution in [0.15, 0.2) is 18.2 Å². The highest BCUT2D eigenvalue weighted by Gasteiger charge is 2.20. The van der Waals surface area contributed by atoms with Crippen molar-refractivity contribution in [2.75, 3.05) is 26.2 Å². The first-order valence-electron chi connectivity index (χ1n) is 6.21. The third-order valence-corrected chi connectivity index (χ3v) is 3.52. The van der Waals surface area contributed by atoms with E-state index in [1.54, 1.807) is 12.1 Å². The summed E-state index contributed by atoms with van der Waals surface area (Å²) in [5.41, 5.74) is 0.967. The van der Waals surface area contributed by atoms with E-state index in [0.717, 1.165) is 12.1 Å². The first kappa shape index (κ1) is 14.6. The zero-order valence-corrected chi connectivity index (χ0v) is 11.9. The monoisotopic (exact) mass is 302 g/mol. The summed E-state index contributed by atoms with van der Waals surface area (Å²) >= 11 is 11.9. The standard InChI is InChI=1S/C13H16Cl2N2O2/c14-10-2-1-9(11(15)7-10)3-4-17-13(18)12-8-16-5-6-19-12/h1-2,7,12,16H,3-6,8H2,(H,17,18)/t12-/m1/s1. The van der Waals surface area contributed by atoms with Crippen LogP contribution in [-0.2, 0) is 16.0 Å². The highest BCUT2D eigenvalue weighted by molar-refractivity contribution is 6.35. The van der Waals surface area contributed by atoms with E-state index in [1.165, 1.54) is 0 Å². The molecule has 0 saturated carbocycles. The molecule has 1 aliphatic heterocycles. The molecule has 2 rings (SSSR count). The van der Waals surface area contributed by atoms with Crippen LogP contribution in [0.4, 0.5) is 0 Å². The molecule has 6 heteroatoms. The summed E-state index contributed by atoms with van der Waals surface area (Å²) in [4.78, 5) is 11.8. The molecule has 1 aliphatic rings. The number of carbonyl (C=O) groups is 1. The van der Waals surface area contributed by atoms with Crippen LogP contribution in [0.2, 0.25) is 10.0 Å². The summed E-state index contributed by atoms with van der Waals surface area (Å²) in [5.74, 6) is -0.0858. The Labute approximate surface area is 122 Å². The van der Waals surface area contributed by atoms with Crippen molar-refractivity contribution >= 4 is 29.1 Å². The molecule has 19 heavy (non-hydrogen) atoms. The van der Waals surface area contributed by atoms with Crippen molar-refractivity contribution in [2.45, 2.75) is 12.5 Å². The van der Waals surface area contributed by atoms with Crippen molar-refractivity contribution in [3.05, 3.63) is 33.8 Å². The molecule has 0 unspecified atom stereocenters. The third-order valence-electron chi connectivity index (χ3n) is 2.93. The molecule has 2 N–H and O–H groups in total. The van der Waals surface area contributed by atoms with E-state index in [1.807, 2.05) is 6.07 Å². The number of morpholine rings is 1. The lowest BCUT2D eigenvalue weighted by molar-refractivity contribution is -0.134. The topological polar surface area (TPSA) is 50.4 Å². The van der Waals surface area contributed by atoms with Gasteiger partial charge in [-0.1, -0.05) is 29.3 Å². The highest BCUT2D eigenvalue weighted by atomic mass is 35.5. The van der Waals surface area contributed by atoms with E-state index in [0.29, 0.717) is 36.2 Å². The van der Waals surface area contributed by atoms with Gasteiger partial charge in [0.15, 0.2) is 0 Å². The Morgan fingerprint density at radius 1 is 1.47 bits per heavy atom. The molecule has 1 heterocycles. The van der Waals surface area contributed by atoms with Crippen molar-refractivity contribution in [1.82, 2.24) is 10.6 Å². The SMILES string of the molecule is O=C(NCCc1ccc(Cl)cc1Cl)[C@H]1CNCCO1. The number of nitrogens with one attached hydrogen (secondary N) is 2. The fraction of sp³-hybridized carbons (Fsp3) is 0.462. The molecule has 1 aromatic rings. The zero-order chi connectivity index (χ0) is 13.7. The number of rotatable bonds is 4. The lowest BCUT2D eigenvalue weighted by atomic mass is 10.1. The number of halogens is 2. The molecule has 1 saturated heterocycles. The first-order chi connectivity index (χ1) is 9.16. The fourth-order valence-electron chi connectivity index (χ4n) is 1.89. The Morgan fingerprint density at radius 2 is 2.32 bits per heavy atom. The molecular formula is C13H16Cl2N2O2. The summed E-state index contributed by atoms with van der Waals surface area (Å²) in [6, 6.07) is 5.36. The predicted molar refractivity (Wildman–Crippen MR) is 75.8 cm³/mol.